The van der Waals surface area contributed by atoms with Crippen LogP contribution in [0.5, 0.6) is 5.75 Å². The molecule has 0 spiro atoms. The van der Waals surface area contributed by atoms with Gasteiger partial charge in [-0.15, -0.1) is 0 Å². The number of carbonyl (C=O) groups excluding carboxylic acids is 1. The van der Waals surface area contributed by atoms with Gasteiger partial charge in [-0.3, -0.25) is 4.79 Å². The fourth-order valence-corrected chi connectivity index (χ4v) is 4.16. The summed E-state index contributed by atoms with van der Waals surface area (Å²) in [6.07, 6.45) is 2.78. The molecule has 4 nitrogen and oxygen atoms in total. The predicted octanol–water partition coefficient (Wildman–Crippen LogP) is 5.06. The molecule has 1 aliphatic carbocycles. The van der Waals surface area contributed by atoms with Gasteiger partial charge in [0.05, 0.1) is 12.5 Å². The maximum Gasteiger partial charge on any atom is 0.235 e. The fraction of sp³-hybridized carbons (Fsp3) is 0.458. The van der Waals surface area contributed by atoms with Crippen LogP contribution in [0, 0.1) is 12.3 Å². The largest absolute Gasteiger partial charge is 0.496 e. The van der Waals surface area contributed by atoms with Gasteiger partial charge in [0.2, 0.25) is 5.91 Å². The van der Waals surface area contributed by atoms with Crippen LogP contribution in [-0.2, 0) is 16.6 Å². The fourth-order valence-electron chi connectivity index (χ4n) is 4.16. The van der Waals surface area contributed by atoms with Crippen LogP contribution in [0.3, 0.4) is 0 Å². The molecule has 2 aromatic carbocycles. The summed E-state index contributed by atoms with van der Waals surface area (Å²) >= 11 is 0. The van der Waals surface area contributed by atoms with Crippen molar-refractivity contribution in [3.63, 3.8) is 0 Å². The Morgan fingerprint density at radius 1 is 1.18 bits per heavy atom. The highest BCUT2D eigenvalue weighted by molar-refractivity contribution is 6.01. The Hall–Kier alpha value is -2.49. The van der Waals surface area contributed by atoms with Gasteiger partial charge in [-0.1, -0.05) is 32.9 Å². The third kappa shape index (κ3) is 3.25. The van der Waals surface area contributed by atoms with E-state index in [4.69, 9.17) is 4.74 Å². The molecule has 1 aliphatic heterocycles. The van der Waals surface area contributed by atoms with E-state index < -0.39 is 5.41 Å². The maximum absolute atomic E-state index is 13.1. The minimum absolute atomic E-state index is 0.0929. The summed E-state index contributed by atoms with van der Waals surface area (Å²) in [6.45, 7) is 8.79. The van der Waals surface area contributed by atoms with Crippen LogP contribution in [-0.4, -0.2) is 19.1 Å². The van der Waals surface area contributed by atoms with E-state index in [9.17, 15) is 4.79 Å². The molecular formula is C24H30N2O2. The van der Waals surface area contributed by atoms with Gasteiger partial charge in [-0.2, -0.15) is 0 Å². The van der Waals surface area contributed by atoms with E-state index in [0.29, 0.717) is 6.04 Å². The normalized spacial score (nSPS) is 19.5. The average Bonchev–Trinajstić information content (AvgIpc) is 3.34. The van der Waals surface area contributed by atoms with Crippen LogP contribution >= 0.6 is 0 Å². The maximum atomic E-state index is 13.1. The molecule has 0 bridgehead atoms. The zero-order valence-corrected chi connectivity index (χ0v) is 17.5. The minimum Gasteiger partial charge on any atom is -0.496 e. The van der Waals surface area contributed by atoms with E-state index in [-0.39, 0.29) is 11.3 Å². The molecule has 0 aromatic heterocycles. The van der Waals surface area contributed by atoms with E-state index >= 15 is 0 Å². The number of fused-ring (bicyclic) bond motifs is 1. The quantitative estimate of drug-likeness (QED) is 0.782. The lowest BCUT2D eigenvalue weighted by Gasteiger charge is -2.27. The molecule has 4 heteroatoms. The standard InChI is InChI=1S/C24H30N2O2/c1-15-12-17(6-9-20(15)28-5)24(10-11-24)22(27)25-18-7-8-19-16(13-18)14-21(26-19)23(2,3)4/h6-9,12-13,21,26H,10-11,14H2,1-5H3,(H,25,27). The van der Waals surface area contributed by atoms with Crippen LogP contribution in [0.1, 0.15) is 50.3 Å². The second-order valence-electron chi connectivity index (χ2n) is 9.36. The first-order chi connectivity index (χ1) is 13.2. The second kappa shape index (κ2) is 6.54. The monoisotopic (exact) mass is 378 g/mol. The molecule has 2 N–H and O–H groups in total. The van der Waals surface area contributed by atoms with Crippen molar-refractivity contribution in [2.45, 2.75) is 58.4 Å². The van der Waals surface area contributed by atoms with Gasteiger partial charge >= 0.3 is 0 Å². The lowest BCUT2D eigenvalue weighted by molar-refractivity contribution is -0.118. The van der Waals surface area contributed by atoms with Crippen molar-refractivity contribution in [2.24, 2.45) is 5.41 Å². The Morgan fingerprint density at radius 2 is 1.93 bits per heavy atom. The van der Waals surface area contributed by atoms with E-state index in [0.717, 1.165) is 41.8 Å². The zero-order chi connectivity index (χ0) is 20.1. The molecule has 2 aromatic rings. The van der Waals surface area contributed by atoms with Gasteiger partial charge in [0, 0.05) is 17.4 Å². The van der Waals surface area contributed by atoms with Gasteiger partial charge < -0.3 is 15.4 Å². The Balaban J connectivity index is 1.51. The van der Waals surface area contributed by atoms with Crippen molar-refractivity contribution in [1.29, 1.82) is 0 Å². The predicted molar refractivity (Wildman–Crippen MR) is 114 cm³/mol. The zero-order valence-electron chi connectivity index (χ0n) is 17.5. The minimum atomic E-state index is -0.401. The Kier molecular flexibility index (Phi) is 4.40. The summed E-state index contributed by atoms with van der Waals surface area (Å²) in [5, 5.41) is 6.79. The highest BCUT2D eigenvalue weighted by Gasteiger charge is 2.51. The number of methoxy groups -OCH3 is 1. The molecule has 1 heterocycles. The number of amides is 1. The molecule has 148 valence electrons. The number of ether oxygens (including phenoxy) is 1. The summed E-state index contributed by atoms with van der Waals surface area (Å²) in [7, 11) is 1.68. The van der Waals surface area contributed by atoms with Gasteiger partial charge in [0.1, 0.15) is 5.75 Å². The van der Waals surface area contributed by atoms with Gasteiger partial charge in [0.15, 0.2) is 0 Å². The second-order valence-corrected chi connectivity index (χ2v) is 9.36. The van der Waals surface area contributed by atoms with Crippen molar-refractivity contribution in [2.75, 3.05) is 17.7 Å². The molecule has 4 rings (SSSR count). The lowest BCUT2D eigenvalue weighted by Crippen LogP contribution is -2.31. The van der Waals surface area contributed by atoms with E-state index in [1.165, 1.54) is 11.3 Å². The number of hydrogen-bond acceptors (Lipinski definition) is 3. The molecule has 0 radical (unpaired) electrons. The summed E-state index contributed by atoms with van der Waals surface area (Å²) < 4.78 is 5.36. The van der Waals surface area contributed by atoms with Gasteiger partial charge in [-0.05, 0) is 72.6 Å². The molecule has 1 amide bonds. The van der Waals surface area contributed by atoms with E-state index in [1.807, 2.05) is 25.1 Å². The first-order valence-corrected chi connectivity index (χ1v) is 10.1. The van der Waals surface area contributed by atoms with E-state index in [2.05, 4.69) is 49.6 Å². The third-order valence-corrected chi connectivity index (χ3v) is 6.29. The van der Waals surface area contributed by atoms with E-state index in [1.54, 1.807) is 7.11 Å². The smallest absolute Gasteiger partial charge is 0.235 e. The number of benzene rings is 2. The molecule has 1 saturated carbocycles. The van der Waals surface area contributed by atoms with Crippen LogP contribution in [0.25, 0.3) is 0 Å². The Morgan fingerprint density at radius 3 is 2.54 bits per heavy atom. The number of nitrogens with one attached hydrogen (secondary N) is 2. The molecule has 2 aliphatic rings. The van der Waals surface area contributed by atoms with Crippen molar-refractivity contribution >= 4 is 17.3 Å². The number of carbonyl (C=O) groups is 1. The first kappa shape index (κ1) is 18.9. The van der Waals surface area contributed by atoms with Crippen molar-refractivity contribution in [3.05, 3.63) is 53.1 Å². The Bertz CT molecular complexity index is 923. The van der Waals surface area contributed by atoms with Crippen LogP contribution in [0.15, 0.2) is 36.4 Å². The lowest BCUT2D eigenvalue weighted by atomic mass is 9.85. The first-order valence-electron chi connectivity index (χ1n) is 10.1. The molecule has 1 unspecified atom stereocenters. The Labute approximate surface area is 167 Å². The number of rotatable bonds is 4. The summed E-state index contributed by atoms with van der Waals surface area (Å²) in [5.41, 5.74) is 5.30. The van der Waals surface area contributed by atoms with Crippen molar-refractivity contribution < 1.29 is 9.53 Å². The topological polar surface area (TPSA) is 50.4 Å². The van der Waals surface area contributed by atoms with Crippen LogP contribution in [0.4, 0.5) is 11.4 Å². The number of hydrogen-bond donors (Lipinski definition) is 2. The van der Waals surface area contributed by atoms with Crippen LogP contribution in [0.2, 0.25) is 0 Å². The highest BCUT2D eigenvalue weighted by Crippen LogP contribution is 2.50. The van der Waals surface area contributed by atoms with Crippen molar-refractivity contribution in [1.82, 2.24) is 0 Å². The highest BCUT2D eigenvalue weighted by atomic mass is 16.5. The third-order valence-electron chi connectivity index (χ3n) is 6.29. The molecule has 28 heavy (non-hydrogen) atoms. The van der Waals surface area contributed by atoms with Crippen molar-refractivity contribution in [3.8, 4) is 5.75 Å². The summed E-state index contributed by atoms with van der Waals surface area (Å²) in [4.78, 5) is 13.1. The van der Waals surface area contributed by atoms with Crippen LogP contribution < -0.4 is 15.4 Å². The summed E-state index contributed by atoms with van der Waals surface area (Å²) in [6, 6.07) is 12.7. The molecule has 0 saturated heterocycles. The number of anilines is 2. The average molecular weight is 379 g/mol. The van der Waals surface area contributed by atoms with Gasteiger partial charge in [0.25, 0.3) is 0 Å². The summed E-state index contributed by atoms with van der Waals surface area (Å²) in [5.74, 6) is 0.954. The van der Waals surface area contributed by atoms with Gasteiger partial charge in [-0.25, -0.2) is 0 Å². The SMILES string of the molecule is COc1ccc(C2(C(=O)Nc3ccc4c(c3)CC(C(C)(C)C)N4)CC2)cc1C. The molecule has 1 fully saturated rings. The molecule has 1 atom stereocenters. The number of aryl methyl sites for hydroxylation is 1. The molecular weight excluding hydrogens is 348 g/mol.